The molecule has 0 aliphatic heterocycles. The van der Waals surface area contributed by atoms with E-state index in [1.54, 1.807) is 37.2 Å². The third-order valence-corrected chi connectivity index (χ3v) is 4.77. The van der Waals surface area contributed by atoms with Gasteiger partial charge < -0.3 is 5.32 Å². The molecule has 1 heterocycles. The number of anilines is 1. The van der Waals surface area contributed by atoms with Crippen molar-refractivity contribution in [3.05, 3.63) is 71.1 Å². The molecule has 0 spiro atoms. The van der Waals surface area contributed by atoms with E-state index in [1.165, 1.54) is 6.07 Å². The van der Waals surface area contributed by atoms with E-state index >= 15 is 0 Å². The molecule has 0 saturated carbocycles. The topological polar surface area (TPSA) is 45.2 Å². The third kappa shape index (κ3) is 3.84. The number of carbonyl (C=O) groups excluding carboxylic acids is 1. The number of carbonyl (C=O) groups is 1. The van der Waals surface area contributed by atoms with Gasteiger partial charge in [0.25, 0.3) is 0 Å². The van der Waals surface area contributed by atoms with Gasteiger partial charge in [-0.05, 0) is 50.4 Å². The molecule has 1 unspecified atom stereocenters. The summed E-state index contributed by atoms with van der Waals surface area (Å²) in [6.45, 7) is 2.00. The highest BCUT2D eigenvalue weighted by molar-refractivity contribution is 6.31. The van der Waals surface area contributed by atoms with E-state index in [0.29, 0.717) is 16.3 Å². The first-order valence-corrected chi connectivity index (χ1v) is 8.63. The summed E-state index contributed by atoms with van der Waals surface area (Å²) in [5, 5.41) is 4.16. The van der Waals surface area contributed by atoms with Gasteiger partial charge >= 0.3 is 0 Å². The Morgan fingerprint density at radius 3 is 2.77 bits per heavy atom. The molecule has 0 bridgehead atoms. The molecule has 1 aromatic heterocycles. The maximum absolute atomic E-state index is 14.0. The van der Waals surface area contributed by atoms with Gasteiger partial charge in [0, 0.05) is 28.7 Å². The smallest absolute Gasteiger partial charge is 0.241 e. The lowest BCUT2D eigenvalue weighted by molar-refractivity contribution is -0.120. The summed E-state index contributed by atoms with van der Waals surface area (Å²) in [5.41, 5.74) is 1.89. The number of amides is 1. The molecular weight excluding hydrogens is 353 g/mol. The predicted octanol–water partition coefficient (Wildman–Crippen LogP) is 4.49. The fraction of sp³-hybridized carbons (Fsp3) is 0.200. The fourth-order valence-electron chi connectivity index (χ4n) is 2.72. The maximum atomic E-state index is 14.0. The van der Waals surface area contributed by atoms with Crippen molar-refractivity contribution in [2.45, 2.75) is 19.5 Å². The van der Waals surface area contributed by atoms with E-state index in [1.807, 2.05) is 30.3 Å². The molecule has 0 radical (unpaired) electrons. The van der Waals surface area contributed by atoms with E-state index in [2.05, 4.69) is 10.3 Å². The van der Waals surface area contributed by atoms with Gasteiger partial charge in [-0.3, -0.25) is 14.7 Å². The van der Waals surface area contributed by atoms with Gasteiger partial charge in [0.15, 0.2) is 0 Å². The zero-order valence-corrected chi connectivity index (χ0v) is 15.3. The van der Waals surface area contributed by atoms with Crippen LogP contribution in [0.25, 0.3) is 10.9 Å². The second kappa shape index (κ2) is 7.81. The summed E-state index contributed by atoms with van der Waals surface area (Å²) >= 11 is 6.08. The standard InChI is InChI=1S/C20H19ClFN3O/c1-13(25(2)12-15-16(21)7-3-8-17(15)22)20(26)24-19-10-4-9-18-14(19)6-5-11-23-18/h3-11,13H,12H2,1-2H3,(H,24,26). The molecule has 1 amide bonds. The summed E-state index contributed by atoms with van der Waals surface area (Å²) in [7, 11) is 1.76. The number of hydrogen-bond acceptors (Lipinski definition) is 3. The zero-order valence-electron chi connectivity index (χ0n) is 14.5. The summed E-state index contributed by atoms with van der Waals surface area (Å²) in [5.74, 6) is -0.562. The summed E-state index contributed by atoms with van der Waals surface area (Å²) in [4.78, 5) is 18.7. The minimum atomic E-state index is -0.474. The Morgan fingerprint density at radius 1 is 1.23 bits per heavy atom. The Morgan fingerprint density at radius 2 is 2.00 bits per heavy atom. The Balaban J connectivity index is 1.75. The van der Waals surface area contributed by atoms with Gasteiger partial charge in [0.2, 0.25) is 5.91 Å². The Labute approximate surface area is 156 Å². The van der Waals surface area contributed by atoms with Gasteiger partial charge in [-0.1, -0.05) is 23.7 Å². The number of hydrogen-bond donors (Lipinski definition) is 1. The molecule has 0 aliphatic carbocycles. The molecule has 1 atom stereocenters. The number of pyridine rings is 1. The van der Waals surface area contributed by atoms with Crippen molar-refractivity contribution in [1.82, 2.24) is 9.88 Å². The average molecular weight is 372 g/mol. The first kappa shape index (κ1) is 18.3. The molecule has 2 aromatic carbocycles. The summed E-state index contributed by atoms with van der Waals surface area (Å²) < 4.78 is 14.0. The van der Waals surface area contributed by atoms with E-state index < -0.39 is 6.04 Å². The molecule has 0 aliphatic rings. The van der Waals surface area contributed by atoms with Gasteiger partial charge in [0.1, 0.15) is 5.82 Å². The second-order valence-electron chi connectivity index (χ2n) is 6.16. The normalized spacial score (nSPS) is 12.3. The number of halogens is 2. The van der Waals surface area contributed by atoms with Crippen molar-refractivity contribution in [3.8, 4) is 0 Å². The van der Waals surface area contributed by atoms with E-state index in [0.717, 1.165) is 10.9 Å². The Kier molecular flexibility index (Phi) is 5.49. The van der Waals surface area contributed by atoms with Crippen LogP contribution in [-0.2, 0) is 11.3 Å². The van der Waals surface area contributed by atoms with Gasteiger partial charge in [-0.2, -0.15) is 0 Å². The molecule has 26 heavy (non-hydrogen) atoms. The minimum Gasteiger partial charge on any atom is -0.324 e. The van der Waals surface area contributed by atoms with E-state index in [9.17, 15) is 9.18 Å². The predicted molar refractivity (Wildman–Crippen MR) is 103 cm³/mol. The van der Waals surface area contributed by atoms with Crippen LogP contribution in [0.15, 0.2) is 54.7 Å². The lowest BCUT2D eigenvalue weighted by Gasteiger charge is -2.24. The van der Waals surface area contributed by atoms with Gasteiger partial charge in [0.05, 0.1) is 17.2 Å². The van der Waals surface area contributed by atoms with Crippen LogP contribution in [0.4, 0.5) is 10.1 Å². The van der Waals surface area contributed by atoms with Crippen molar-refractivity contribution in [2.75, 3.05) is 12.4 Å². The first-order chi connectivity index (χ1) is 12.5. The number of likely N-dealkylation sites (N-methyl/N-ethyl adjacent to an activating group) is 1. The number of rotatable bonds is 5. The number of fused-ring (bicyclic) bond motifs is 1. The van der Waals surface area contributed by atoms with Crippen LogP contribution >= 0.6 is 11.6 Å². The second-order valence-corrected chi connectivity index (χ2v) is 6.56. The molecule has 4 nitrogen and oxygen atoms in total. The third-order valence-electron chi connectivity index (χ3n) is 4.41. The molecular formula is C20H19ClFN3O. The van der Waals surface area contributed by atoms with E-state index in [4.69, 9.17) is 11.6 Å². The molecule has 134 valence electrons. The highest BCUT2D eigenvalue weighted by atomic mass is 35.5. The average Bonchev–Trinajstić information content (AvgIpc) is 2.64. The van der Waals surface area contributed by atoms with Crippen molar-refractivity contribution < 1.29 is 9.18 Å². The van der Waals surface area contributed by atoms with Crippen LogP contribution in [0.2, 0.25) is 5.02 Å². The lowest BCUT2D eigenvalue weighted by atomic mass is 10.1. The summed E-state index contributed by atoms with van der Waals surface area (Å²) in [6, 6.07) is 13.4. The SMILES string of the molecule is CC(C(=O)Nc1cccc2ncccc12)N(C)Cc1c(F)cccc1Cl. The van der Waals surface area contributed by atoms with Crippen LogP contribution in [-0.4, -0.2) is 28.9 Å². The zero-order chi connectivity index (χ0) is 18.7. The monoisotopic (exact) mass is 371 g/mol. The Bertz CT molecular complexity index is 922. The number of aromatic nitrogens is 1. The molecule has 3 rings (SSSR count). The lowest BCUT2D eigenvalue weighted by Crippen LogP contribution is -2.39. The Hall–Kier alpha value is -2.50. The van der Waals surface area contributed by atoms with Crippen molar-refractivity contribution in [3.63, 3.8) is 0 Å². The fourth-order valence-corrected chi connectivity index (χ4v) is 2.94. The maximum Gasteiger partial charge on any atom is 0.241 e. The van der Waals surface area contributed by atoms with Crippen LogP contribution in [0, 0.1) is 5.82 Å². The highest BCUT2D eigenvalue weighted by Crippen LogP contribution is 2.23. The number of benzene rings is 2. The molecule has 1 N–H and O–H groups in total. The van der Waals surface area contributed by atoms with Crippen LogP contribution < -0.4 is 5.32 Å². The van der Waals surface area contributed by atoms with Crippen LogP contribution in [0.5, 0.6) is 0 Å². The minimum absolute atomic E-state index is 0.184. The van der Waals surface area contributed by atoms with Gasteiger partial charge in [-0.25, -0.2) is 4.39 Å². The molecule has 0 saturated heterocycles. The summed E-state index contributed by atoms with van der Waals surface area (Å²) in [6.07, 6.45) is 1.71. The largest absolute Gasteiger partial charge is 0.324 e. The van der Waals surface area contributed by atoms with Crippen molar-refractivity contribution in [1.29, 1.82) is 0 Å². The van der Waals surface area contributed by atoms with Gasteiger partial charge in [-0.15, -0.1) is 0 Å². The van der Waals surface area contributed by atoms with Crippen molar-refractivity contribution >= 4 is 34.1 Å². The highest BCUT2D eigenvalue weighted by Gasteiger charge is 2.21. The molecule has 0 fully saturated rings. The number of nitrogens with zero attached hydrogens (tertiary/aromatic N) is 2. The van der Waals surface area contributed by atoms with Crippen LogP contribution in [0.3, 0.4) is 0 Å². The molecule has 3 aromatic rings. The molecule has 6 heteroatoms. The quantitative estimate of drug-likeness (QED) is 0.718. The number of nitrogens with one attached hydrogen (secondary N) is 1. The van der Waals surface area contributed by atoms with Crippen LogP contribution in [0.1, 0.15) is 12.5 Å². The first-order valence-electron chi connectivity index (χ1n) is 8.25. The van der Waals surface area contributed by atoms with E-state index in [-0.39, 0.29) is 18.3 Å². The van der Waals surface area contributed by atoms with Crippen molar-refractivity contribution in [2.24, 2.45) is 0 Å².